The fraction of sp³-hybridized carbons (Fsp3) is 0. The SMILES string of the molecule is O=C(Nc1cc(Cl)ccc1C(=O)O)c1ccc(Br)cn1. The minimum Gasteiger partial charge on any atom is -0.478 e. The number of nitrogens with one attached hydrogen (secondary N) is 1. The lowest BCUT2D eigenvalue weighted by Crippen LogP contribution is -2.16. The van der Waals surface area contributed by atoms with Crippen LogP contribution < -0.4 is 5.32 Å². The number of benzene rings is 1. The molecule has 0 aliphatic carbocycles. The fourth-order valence-electron chi connectivity index (χ4n) is 1.50. The highest BCUT2D eigenvalue weighted by atomic mass is 79.9. The number of aromatic carboxylic acids is 1. The monoisotopic (exact) mass is 354 g/mol. The molecular formula is C13H8BrClN2O3. The number of carboxylic acids is 1. The Morgan fingerprint density at radius 3 is 2.60 bits per heavy atom. The van der Waals surface area contributed by atoms with E-state index in [1.165, 1.54) is 30.5 Å². The first-order valence-corrected chi connectivity index (χ1v) is 6.60. The van der Waals surface area contributed by atoms with Gasteiger partial charge in [-0.2, -0.15) is 0 Å². The Labute approximate surface area is 127 Å². The number of halogens is 2. The smallest absolute Gasteiger partial charge is 0.337 e. The molecule has 0 fully saturated rings. The predicted molar refractivity (Wildman–Crippen MR) is 78.3 cm³/mol. The summed E-state index contributed by atoms with van der Waals surface area (Å²) in [6.45, 7) is 0. The summed E-state index contributed by atoms with van der Waals surface area (Å²) in [6, 6.07) is 7.33. The van der Waals surface area contributed by atoms with Crippen LogP contribution >= 0.6 is 27.5 Å². The van der Waals surface area contributed by atoms with E-state index in [1.54, 1.807) is 6.07 Å². The average molecular weight is 356 g/mol. The second-order valence-electron chi connectivity index (χ2n) is 3.81. The first-order chi connectivity index (χ1) is 9.47. The lowest BCUT2D eigenvalue weighted by atomic mass is 10.1. The number of rotatable bonds is 3. The number of hydrogen-bond donors (Lipinski definition) is 2. The summed E-state index contributed by atoms with van der Waals surface area (Å²) in [5, 5.41) is 11.9. The first-order valence-electron chi connectivity index (χ1n) is 5.43. The number of carbonyl (C=O) groups is 2. The third-order valence-corrected chi connectivity index (χ3v) is 3.12. The topological polar surface area (TPSA) is 79.3 Å². The fourth-order valence-corrected chi connectivity index (χ4v) is 1.91. The molecule has 102 valence electrons. The van der Waals surface area contributed by atoms with Crippen molar-refractivity contribution in [1.82, 2.24) is 4.98 Å². The molecule has 0 atom stereocenters. The van der Waals surface area contributed by atoms with Crippen LogP contribution in [0.25, 0.3) is 0 Å². The van der Waals surface area contributed by atoms with Gasteiger partial charge in [0.15, 0.2) is 0 Å². The van der Waals surface area contributed by atoms with E-state index in [4.69, 9.17) is 16.7 Å². The molecule has 1 aromatic carbocycles. The molecule has 5 nitrogen and oxygen atoms in total. The van der Waals surface area contributed by atoms with E-state index in [0.29, 0.717) is 5.02 Å². The Morgan fingerprint density at radius 2 is 2.00 bits per heavy atom. The maximum Gasteiger partial charge on any atom is 0.337 e. The molecule has 7 heteroatoms. The van der Waals surface area contributed by atoms with Crippen LogP contribution in [0.5, 0.6) is 0 Å². The van der Waals surface area contributed by atoms with Crippen LogP contribution in [-0.2, 0) is 0 Å². The second-order valence-corrected chi connectivity index (χ2v) is 5.16. The molecule has 0 spiro atoms. The molecule has 20 heavy (non-hydrogen) atoms. The molecule has 2 aromatic rings. The maximum absolute atomic E-state index is 12.0. The third kappa shape index (κ3) is 3.34. The summed E-state index contributed by atoms with van der Waals surface area (Å²) in [7, 11) is 0. The second kappa shape index (κ2) is 6.02. The molecule has 1 aromatic heterocycles. The van der Waals surface area contributed by atoms with Crippen LogP contribution in [0.3, 0.4) is 0 Å². The Bertz CT molecular complexity index is 674. The van der Waals surface area contributed by atoms with E-state index in [0.717, 1.165) is 4.47 Å². The van der Waals surface area contributed by atoms with Gasteiger partial charge in [0.05, 0.1) is 11.3 Å². The summed E-state index contributed by atoms with van der Waals surface area (Å²) < 4.78 is 0.739. The average Bonchev–Trinajstić information content (AvgIpc) is 2.39. The Balaban J connectivity index is 2.29. The quantitative estimate of drug-likeness (QED) is 0.884. The van der Waals surface area contributed by atoms with Gasteiger partial charge in [-0.05, 0) is 46.3 Å². The Morgan fingerprint density at radius 1 is 1.25 bits per heavy atom. The summed E-state index contributed by atoms with van der Waals surface area (Å²) in [6.07, 6.45) is 1.48. The Kier molecular flexibility index (Phi) is 4.36. The number of aromatic nitrogens is 1. The summed E-state index contributed by atoms with van der Waals surface area (Å²) in [4.78, 5) is 27.0. The minimum absolute atomic E-state index is 0.0418. The highest BCUT2D eigenvalue weighted by Gasteiger charge is 2.14. The van der Waals surface area contributed by atoms with Crippen molar-refractivity contribution in [2.75, 3.05) is 5.32 Å². The third-order valence-electron chi connectivity index (χ3n) is 2.42. The Hall–Kier alpha value is -1.92. The van der Waals surface area contributed by atoms with Crippen LogP contribution in [-0.4, -0.2) is 22.0 Å². The van der Waals surface area contributed by atoms with Crippen molar-refractivity contribution in [2.24, 2.45) is 0 Å². The molecule has 1 heterocycles. The van der Waals surface area contributed by atoms with E-state index in [9.17, 15) is 9.59 Å². The van der Waals surface area contributed by atoms with Crippen molar-refractivity contribution in [3.05, 3.63) is 57.3 Å². The number of carboxylic acid groups (broad SMARTS) is 1. The number of hydrogen-bond acceptors (Lipinski definition) is 3. The van der Waals surface area contributed by atoms with Gasteiger partial charge in [-0.3, -0.25) is 4.79 Å². The lowest BCUT2D eigenvalue weighted by molar-refractivity contribution is 0.0698. The van der Waals surface area contributed by atoms with Crippen molar-refractivity contribution in [1.29, 1.82) is 0 Å². The van der Waals surface area contributed by atoms with Gasteiger partial charge in [-0.1, -0.05) is 11.6 Å². The lowest BCUT2D eigenvalue weighted by Gasteiger charge is -2.08. The maximum atomic E-state index is 12.0. The van der Waals surface area contributed by atoms with Crippen molar-refractivity contribution in [3.8, 4) is 0 Å². The van der Waals surface area contributed by atoms with Gasteiger partial charge in [0, 0.05) is 15.7 Å². The molecule has 0 radical (unpaired) electrons. The standard InChI is InChI=1S/C13H8BrClN2O3/c14-7-1-4-10(16-6-7)12(18)17-11-5-8(15)2-3-9(11)13(19)20/h1-6H,(H,17,18)(H,19,20). The number of carbonyl (C=O) groups excluding carboxylic acids is 1. The van der Waals surface area contributed by atoms with Gasteiger partial charge in [0.1, 0.15) is 5.69 Å². The van der Waals surface area contributed by atoms with Gasteiger partial charge >= 0.3 is 5.97 Å². The van der Waals surface area contributed by atoms with E-state index < -0.39 is 11.9 Å². The molecule has 0 bridgehead atoms. The summed E-state index contributed by atoms with van der Waals surface area (Å²) >= 11 is 9.02. The number of nitrogens with zero attached hydrogens (tertiary/aromatic N) is 1. The van der Waals surface area contributed by atoms with Crippen LogP contribution in [0, 0.1) is 0 Å². The van der Waals surface area contributed by atoms with E-state index in [2.05, 4.69) is 26.2 Å². The summed E-state index contributed by atoms with van der Waals surface area (Å²) in [5.41, 5.74) is 0.254. The van der Waals surface area contributed by atoms with E-state index >= 15 is 0 Å². The van der Waals surface area contributed by atoms with E-state index in [1.807, 2.05) is 0 Å². The van der Waals surface area contributed by atoms with Gasteiger partial charge in [0.25, 0.3) is 5.91 Å². The van der Waals surface area contributed by atoms with Gasteiger partial charge < -0.3 is 10.4 Å². The molecule has 2 rings (SSSR count). The van der Waals surface area contributed by atoms with Gasteiger partial charge in [-0.15, -0.1) is 0 Å². The van der Waals surface area contributed by atoms with E-state index in [-0.39, 0.29) is 16.9 Å². The van der Waals surface area contributed by atoms with Crippen LogP contribution in [0.2, 0.25) is 5.02 Å². The largest absolute Gasteiger partial charge is 0.478 e. The molecule has 0 unspecified atom stereocenters. The number of amides is 1. The molecular weight excluding hydrogens is 348 g/mol. The molecule has 0 saturated heterocycles. The highest BCUT2D eigenvalue weighted by Crippen LogP contribution is 2.21. The number of anilines is 1. The molecule has 1 amide bonds. The zero-order valence-corrected chi connectivity index (χ0v) is 12.3. The molecule has 0 saturated carbocycles. The normalized spacial score (nSPS) is 10.1. The summed E-state index contributed by atoms with van der Waals surface area (Å²) in [5.74, 6) is -1.66. The molecule has 0 aliphatic heterocycles. The van der Waals surface area contributed by atoms with Crippen LogP contribution in [0.1, 0.15) is 20.8 Å². The van der Waals surface area contributed by atoms with Crippen molar-refractivity contribution >= 4 is 45.1 Å². The van der Waals surface area contributed by atoms with Gasteiger partial charge in [0.2, 0.25) is 0 Å². The minimum atomic E-state index is -1.15. The predicted octanol–water partition coefficient (Wildman–Crippen LogP) is 3.45. The van der Waals surface area contributed by atoms with Gasteiger partial charge in [-0.25, -0.2) is 9.78 Å². The zero-order valence-electron chi connectivity index (χ0n) is 9.93. The first kappa shape index (κ1) is 14.5. The molecule has 0 aliphatic rings. The van der Waals surface area contributed by atoms with Crippen LogP contribution in [0.4, 0.5) is 5.69 Å². The zero-order chi connectivity index (χ0) is 14.7. The van der Waals surface area contributed by atoms with Crippen molar-refractivity contribution < 1.29 is 14.7 Å². The number of pyridine rings is 1. The van der Waals surface area contributed by atoms with Crippen molar-refractivity contribution in [3.63, 3.8) is 0 Å². The molecule has 2 N–H and O–H groups in total. The van der Waals surface area contributed by atoms with Crippen LogP contribution in [0.15, 0.2) is 41.0 Å². The highest BCUT2D eigenvalue weighted by molar-refractivity contribution is 9.10. The van der Waals surface area contributed by atoms with Crippen molar-refractivity contribution in [2.45, 2.75) is 0 Å².